The molecular formula is C31H49S+. The van der Waals surface area contributed by atoms with Crippen LogP contribution in [-0.2, 0) is 10.9 Å². The van der Waals surface area contributed by atoms with Gasteiger partial charge in [0.25, 0.3) is 0 Å². The van der Waals surface area contributed by atoms with E-state index in [1.165, 1.54) is 119 Å². The Kier molecular flexibility index (Phi) is 15.4. The first-order chi connectivity index (χ1) is 15.8. The highest BCUT2D eigenvalue weighted by molar-refractivity contribution is 7.97. The first kappa shape index (κ1) is 27.0. The summed E-state index contributed by atoms with van der Waals surface area (Å²) in [7, 11) is 0.220. The molecule has 2 rings (SSSR count). The van der Waals surface area contributed by atoms with Gasteiger partial charge in [-0.05, 0) is 38.0 Å². The molecular weight excluding hydrogens is 404 g/mol. The number of hydrogen-bond acceptors (Lipinski definition) is 0. The molecule has 0 spiro atoms. The summed E-state index contributed by atoms with van der Waals surface area (Å²) in [6.07, 6.45) is 23.0. The van der Waals surface area contributed by atoms with Gasteiger partial charge < -0.3 is 0 Å². The maximum absolute atomic E-state index is 2.35. The summed E-state index contributed by atoms with van der Waals surface area (Å²) in [5.41, 5.74) is 1.44. The Bertz CT molecular complexity index is 678. The van der Waals surface area contributed by atoms with E-state index in [-0.39, 0.29) is 10.9 Å². The summed E-state index contributed by atoms with van der Waals surface area (Å²) in [5, 5.41) is 0. The van der Waals surface area contributed by atoms with Gasteiger partial charge in [-0.25, -0.2) is 0 Å². The highest BCUT2D eigenvalue weighted by Gasteiger charge is 2.25. The zero-order valence-corrected chi connectivity index (χ0v) is 21.9. The lowest BCUT2D eigenvalue weighted by Gasteiger charge is -2.10. The Balaban J connectivity index is 1.51. The summed E-state index contributed by atoms with van der Waals surface area (Å²) in [5.74, 6) is 1.30. The van der Waals surface area contributed by atoms with Gasteiger partial charge >= 0.3 is 0 Å². The van der Waals surface area contributed by atoms with Gasteiger partial charge in [0.15, 0.2) is 9.79 Å². The largest absolute Gasteiger partial charge is 0.163 e. The van der Waals surface area contributed by atoms with E-state index in [0.717, 1.165) is 0 Å². The molecule has 2 aromatic rings. The summed E-state index contributed by atoms with van der Waals surface area (Å²) in [6, 6.07) is 20.2. The average Bonchev–Trinajstić information content (AvgIpc) is 2.82. The van der Waals surface area contributed by atoms with Crippen molar-refractivity contribution in [2.75, 3.05) is 5.75 Å². The second-order valence-corrected chi connectivity index (χ2v) is 11.6. The molecule has 1 atom stereocenters. The molecule has 178 valence electrons. The van der Waals surface area contributed by atoms with Gasteiger partial charge in [0, 0.05) is 5.56 Å². The van der Waals surface area contributed by atoms with Crippen molar-refractivity contribution in [1.29, 1.82) is 0 Å². The normalized spacial score (nSPS) is 12.2. The van der Waals surface area contributed by atoms with Crippen LogP contribution in [0.3, 0.4) is 0 Å². The Morgan fingerprint density at radius 2 is 0.938 bits per heavy atom. The van der Waals surface area contributed by atoms with E-state index in [4.69, 9.17) is 0 Å². The molecule has 1 heteroatoms. The van der Waals surface area contributed by atoms with E-state index >= 15 is 0 Å². The van der Waals surface area contributed by atoms with E-state index in [1.54, 1.807) is 4.90 Å². The van der Waals surface area contributed by atoms with Crippen molar-refractivity contribution in [2.24, 2.45) is 0 Å². The second kappa shape index (κ2) is 18.2. The Labute approximate surface area is 203 Å². The predicted octanol–water partition coefficient (Wildman–Crippen LogP) is 10.3. The lowest BCUT2D eigenvalue weighted by molar-refractivity contribution is 0.531. The molecule has 0 radical (unpaired) electrons. The van der Waals surface area contributed by atoms with Gasteiger partial charge in [-0.2, -0.15) is 0 Å². The molecule has 0 fully saturated rings. The van der Waals surface area contributed by atoms with Gasteiger partial charge in [-0.1, -0.05) is 133 Å². The molecule has 0 aliphatic rings. The molecule has 0 aliphatic carbocycles. The molecule has 1 unspecified atom stereocenters. The quantitative estimate of drug-likeness (QED) is 0.146. The fourth-order valence-electron chi connectivity index (χ4n) is 4.57. The average molecular weight is 454 g/mol. The van der Waals surface area contributed by atoms with E-state index in [1.807, 2.05) is 0 Å². The fourth-order valence-corrected chi connectivity index (χ4v) is 6.95. The van der Waals surface area contributed by atoms with E-state index in [2.05, 4.69) is 68.4 Å². The van der Waals surface area contributed by atoms with Gasteiger partial charge in [-0.3, -0.25) is 0 Å². The SMILES string of the molecule is CCCCCCCCCCCCCCCCCC[S+](c1ccccc1)c1ccccc1C. The van der Waals surface area contributed by atoms with Crippen LogP contribution in [-0.4, -0.2) is 5.75 Å². The summed E-state index contributed by atoms with van der Waals surface area (Å²) >= 11 is 0. The van der Waals surface area contributed by atoms with Gasteiger partial charge in [0.2, 0.25) is 0 Å². The van der Waals surface area contributed by atoms with Crippen molar-refractivity contribution < 1.29 is 0 Å². The van der Waals surface area contributed by atoms with Crippen LogP contribution in [0, 0.1) is 6.92 Å². The minimum absolute atomic E-state index is 0.220. The van der Waals surface area contributed by atoms with Gasteiger partial charge in [0.05, 0.1) is 10.9 Å². The lowest BCUT2D eigenvalue weighted by atomic mass is 10.0. The van der Waals surface area contributed by atoms with Crippen molar-refractivity contribution >= 4 is 10.9 Å². The maximum Gasteiger partial charge on any atom is 0.163 e. The van der Waals surface area contributed by atoms with Crippen LogP contribution in [0.4, 0.5) is 0 Å². The Morgan fingerprint density at radius 1 is 0.500 bits per heavy atom. The van der Waals surface area contributed by atoms with Crippen LogP contribution in [0.1, 0.15) is 115 Å². The standard InChI is InChI=1S/C31H49S/c1-3-4-5-6-7-8-9-10-11-12-13-14-15-16-17-23-28-32(30-25-19-18-20-26-30)31-27-22-21-24-29(31)2/h18-22,24-27H,3-17,23,28H2,1-2H3/q+1. The van der Waals surface area contributed by atoms with Crippen LogP contribution in [0.5, 0.6) is 0 Å². The van der Waals surface area contributed by atoms with Crippen LogP contribution < -0.4 is 0 Å². The number of aryl methyl sites for hydroxylation is 1. The van der Waals surface area contributed by atoms with Gasteiger partial charge in [-0.15, -0.1) is 0 Å². The van der Waals surface area contributed by atoms with Crippen LogP contribution in [0.25, 0.3) is 0 Å². The predicted molar refractivity (Wildman–Crippen MR) is 146 cm³/mol. The second-order valence-electron chi connectivity index (χ2n) is 9.48. The molecule has 0 heterocycles. The number of unbranched alkanes of at least 4 members (excludes halogenated alkanes) is 15. The number of rotatable bonds is 19. The third-order valence-electron chi connectivity index (χ3n) is 6.59. The fraction of sp³-hybridized carbons (Fsp3) is 0.613. The lowest BCUT2D eigenvalue weighted by Crippen LogP contribution is -2.10. The molecule has 0 N–H and O–H groups in total. The summed E-state index contributed by atoms with van der Waals surface area (Å²) < 4.78 is 0. The molecule has 0 aliphatic heterocycles. The zero-order valence-electron chi connectivity index (χ0n) is 21.1. The smallest absolute Gasteiger partial charge is 0.0654 e. The molecule has 0 saturated carbocycles. The van der Waals surface area contributed by atoms with Crippen molar-refractivity contribution in [3.05, 3.63) is 60.2 Å². The molecule has 0 amide bonds. The van der Waals surface area contributed by atoms with Crippen LogP contribution >= 0.6 is 0 Å². The Hall–Kier alpha value is -1.21. The van der Waals surface area contributed by atoms with Crippen molar-refractivity contribution in [3.63, 3.8) is 0 Å². The molecule has 0 aromatic heterocycles. The molecule has 2 aromatic carbocycles. The molecule has 0 bridgehead atoms. The zero-order chi connectivity index (χ0) is 22.7. The monoisotopic (exact) mass is 453 g/mol. The Morgan fingerprint density at radius 3 is 1.44 bits per heavy atom. The van der Waals surface area contributed by atoms with Crippen molar-refractivity contribution in [3.8, 4) is 0 Å². The van der Waals surface area contributed by atoms with Crippen molar-refractivity contribution in [2.45, 2.75) is 126 Å². The first-order valence-electron chi connectivity index (χ1n) is 13.6. The van der Waals surface area contributed by atoms with Crippen LogP contribution in [0.2, 0.25) is 0 Å². The highest BCUT2D eigenvalue weighted by Crippen LogP contribution is 2.27. The number of hydrogen-bond donors (Lipinski definition) is 0. The maximum atomic E-state index is 2.35. The summed E-state index contributed by atoms with van der Waals surface area (Å²) in [4.78, 5) is 3.04. The van der Waals surface area contributed by atoms with E-state index in [0.29, 0.717) is 0 Å². The van der Waals surface area contributed by atoms with Gasteiger partial charge in [0.1, 0.15) is 5.75 Å². The minimum Gasteiger partial charge on any atom is -0.0654 e. The minimum atomic E-state index is 0.220. The third kappa shape index (κ3) is 11.6. The molecule has 0 nitrogen and oxygen atoms in total. The topological polar surface area (TPSA) is 0 Å². The third-order valence-corrected chi connectivity index (χ3v) is 9.12. The van der Waals surface area contributed by atoms with E-state index in [9.17, 15) is 0 Å². The van der Waals surface area contributed by atoms with Crippen molar-refractivity contribution in [1.82, 2.24) is 0 Å². The molecule has 0 saturated heterocycles. The highest BCUT2D eigenvalue weighted by atomic mass is 32.2. The van der Waals surface area contributed by atoms with Crippen LogP contribution in [0.15, 0.2) is 64.4 Å². The molecule has 32 heavy (non-hydrogen) atoms. The summed E-state index contributed by atoms with van der Waals surface area (Å²) in [6.45, 7) is 4.57. The van der Waals surface area contributed by atoms with E-state index < -0.39 is 0 Å². The first-order valence-corrected chi connectivity index (χ1v) is 15.0. The number of benzene rings is 2.